The van der Waals surface area contributed by atoms with Gasteiger partial charge in [0.25, 0.3) is 0 Å². The van der Waals surface area contributed by atoms with Crippen molar-refractivity contribution in [2.45, 2.75) is 19.3 Å². The van der Waals surface area contributed by atoms with E-state index in [0.29, 0.717) is 0 Å². The molecule has 6 nitrogen and oxygen atoms in total. The number of rotatable bonds is 28. The van der Waals surface area contributed by atoms with Gasteiger partial charge in [-0.05, 0) is 319 Å². The third-order valence-electron chi connectivity index (χ3n) is 24.8. The van der Waals surface area contributed by atoms with E-state index in [1.807, 2.05) is 36.5 Å². The van der Waals surface area contributed by atoms with Crippen LogP contribution in [0.3, 0.4) is 0 Å². The average molecular weight is 1660 g/mol. The highest BCUT2D eigenvalue weighted by Gasteiger charge is 2.37. The zero-order valence-corrected chi connectivity index (χ0v) is 72.5. The zero-order valence-electron chi connectivity index (χ0n) is 72.5. The monoisotopic (exact) mass is 1660 g/mol. The quantitative estimate of drug-likeness (QED) is 0.0483. The van der Waals surface area contributed by atoms with Gasteiger partial charge in [0, 0.05) is 108 Å². The van der Waals surface area contributed by atoms with Gasteiger partial charge in [-0.25, -0.2) is 0 Å². The van der Waals surface area contributed by atoms with Crippen LogP contribution in [0.2, 0.25) is 0 Å². The lowest BCUT2D eigenvalue weighted by molar-refractivity contribution is 0.660. The third-order valence-corrected chi connectivity index (χ3v) is 24.8. The molecule has 0 aliphatic heterocycles. The summed E-state index contributed by atoms with van der Waals surface area (Å²) in [4.78, 5) is 14.0. The number of hydrogen-bond acceptors (Lipinski definition) is 6. The standard InChI is InChI=1S/C123H96N6/c1-9-87-31-55-103(56-32-87)124(109-67-43-95(44-68-109)98-49-73-112(74-50-98)128(116-30-22-24-92(14-6)84-116)113-75-51-99(52-76-113)97-47-71-111(72-48-97)126(101-25-17-15-18-26-101)115-29-21-23-91(13-5)83-115)107-63-39-93(40-64-107)94-41-65-108(66-42-94)125(104-57-33-88(10-2)34-58-104)110-69-45-96(46-70-110)100-53-77-114(78-54-100)129(106-61-37-90(12-4)38-62-106)118-80-82-120-119-81-79-117(85-121(119)123(7,8)122(120)86-118)127(102-27-19-16-20-28-102)105-59-35-89(11-3)36-60-105/h9-86H,1-6H2,7-8H3. The van der Waals surface area contributed by atoms with Crippen molar-refractivity contribution in [3.8, 4) is 55.6 Å². The van der Waals surface area contributed by atoms with E-state index >= 15 is 0 Å². The van der Waals surface area contributed by atoms with Gasteiger partial charge in [0.05, 0.1) is 0 Å². The number of benzene rings is 18. The summed E-state index contributed by atoms with van der Waals surface area (Å²) in [6.45, 7) is 29.1. The number of para-hydroxylation sites is 2. The molecule has 18 aromatic rings. The van der Waals surface area contributed by atoms with Crippen LogP contribution in [0.1, 0.15) is 58.4 Å². The van der Waals surface area contributed by atoms with E-state index in [1.54, 1.807) is 0 Å². The Labute approximate surface area is 758 Å². The molecule has 129 heavy (non-hydrogen) atoms. The minimum Gasteiger partial charge on any atom is -0.311 e. The topological polar surface area (TPSA) is 19.4 Å². The van der Waals surface area contributed by atoms with Crippen molar-refractivity contribution in [1.29, 1.82) is 0 Å². The molecule has 0 bridgehead atoms. The van der Waals surface area contributed by atoms with Gasteiger partial charge >= 0.3 is 0 Å². The number of anilines is 18. The lowest BCUT2D eigenvalue weighted by Crippen LogP contribution is -2.17. The molecule has 1 aliphatic carbocycles. The molecule has 0 saturated heterocycles. The van der Waals surface area contributed by atoms with Crippen LogP contribution in [0, 0.1) is 0 Å². The van der Waals surface area contributed by atoms with Crippen molar-refractivity contribution >= 4 is 139 Å². The van der Waals surface area contributed by atoms with Crippen molar-refractivity contribution < 1.29 is 0 Å². The Morgan fingerprint density at radius 2 is 0.318 bits per heavy atom. The van der Waals surface area contributed by atoms with Crippen molar-refractivity contribution in [1.82, 2.24) is 0 Å². The Morgan fingerprint density at radius 1 is 0.155 bits per heavy atom. The minimum absolute atomic E-state index is 0.305. The number of nitrogens with zero attached hydrogens (tertiary/aromatic N) is 6. The second-order valence-corrected chi connectivity index (χ2v) is 32.9. The van der Waals surface area contributed by atoms with Crippen LogP contribution in [-0.2, 0) is 5.41 Å². The summed E-state index contributed by atoms with van der Waals surface area (Å²) < 4.78 is 0. The summed E-state index contributed by atoms with van der Waals surface area (Å²) in [5, 5.41) is 0. The molecule has 0 heterocycles. The average Bonchev–Trinajstić information content (AvgIpc) is 1.57. The summed E-state index contributed by atoms with van der Waals surface area (Å²) in [5.74, 6) is 0. The smallest absolute Gasteiger partial charge is 0.0467 e. The predicted molar refractivity (Wildman–Crippen MR) is 554 cm³/mol. The molecule has 0 unspecified atom stereocenters. The van der Waals surface area contributed by atoms with Crippen LogP contribution in [0.25, 0.3) is 92.1 Å². The van der Waals surface area contributed by atoms with Crippen molar-refractivity contribution in [2.24, 2.45) is 0 Å². The molecule has 0 aromatic heterocycles. The van der Waals surface area contributed by atoms with Gasteiger partial charge in [-0.2, -0.15) is 0 Å². The highest BCUT2D eigenvalue weighted by Crippen LogP contribution is 2.54. The van der Waals surface area contributed by atoms with Gasteiger partial charge in [0.2, 0.25) is 0 Å². The van der Waals surface area contributed by atoms with Crippen molar-refractivity contribution in [3.05, 3.63) is 521 Å². The van der Waals surface area contributed by atoms with Crippen LogP contribution in [0.5, 0.6) is 0 Å². The first-order valence-corrected chi connectivity index (χ1v) is 43.8. The van der Waals surface area contributed by atoms with Gasteiger partial charge in [0.15, 0.2) is 0 Å². The first-order chi connectivity index (χ1) is 63.4. The molecule has 0 fully saturated rings. The normalized spacial score (nSPS) is 11.6. The Kier molecular flexibility index (Phi) is 23.0. The Balaban J connectivity index is 0.560. The SMILES string of the molecule is C=Cc1ccc(N(c2ccc(-c3ccc(N(c4ccc(C=C)cc4)c4ccc(-c5ccc(N(c6ccc(C=C)cc6)c6ccc7c(c6)C(C)(C)c6cc(N(c8ccccc8)c8ccc(C=C)cc8)ccc6-7)cc5)cc4)cc3)cc2)c2ccc(-c3ccc(N(c4ccc(-c5ccc(N(c6ccccc6)c6cccc(C=C)c6)cc5)cc4)c4cccc(C=C)c4)cc3)cc2)cc1. The molecule has 18 aromatic carbocycles. The molecule has 19 rings (SSSR count). The van der Waals surface area contributed by atoms with Gasteiger partial charge in [-0.3, -0.25) is 0 Å². The summed E-state index contributed by atoms with van der Waals surface area (Å²) in [6.07, 6.45) is 11.4. The fourth-order valence-corrected chi connectivity index (χ4v) is 17.9. The van der Waals surface area contributed by atoms with Crippen molar-refractivity contribution in [2.75, 3.05) is 29.4 Å². The van der Waals surface area contributed by atoms with Crippen LogP contribution >= 0.6 is 0 Å². The fraction of sp³-hybridized carbons (Fsp3) is 0.0244. The van der Waals surface area contributed by atoms with Crippen LogP contribution < -0.4 is 29.4 Å². The molecule has 0 N–H and O–H groups in total. The summed E-state index contributed by atoms with van der Waals surface area (Å²) in [5.41, 5.74) is 39.1. The molecule has 0 saturated carbocycles. The summed E-state index contributed by atoms with van der Waals surface area (Å²) in [7, 11) is 0. The lowest BCUT2D eigenvalue weighted by Gasteiger charge is -2.29. The molecule has 0 amide bonds. The second-order valence-electron chi connectivity index (χ2n) is 32.9. The lowest BCUT2D eigenvalue weighted by atomic mass is 9.82. The van der Waals surface area contributed by atoms with E-state index in [0.717, 1.165) is 180 Å². The molecule has 0 radical (unpaired) electrons. The Morgan fingerprint density at radius 3 is 0.519 bits per heavy atom. The molecule has 1 aliphatic rings. The van der Waals surface area contributed by atoms with Crippen LogP contribution in [-0.4, -0.2) is 0 Å². The van der Waals surface area contributed by atoms with E-state index in [2.05, 4.69) is 519 Å². The molecule has 6 heteroatoms. The zero-order chi connectivity index (χ0) is 87.9. The van der Waals surface area contributed by atoms with Gasteiger partial charge in [-0.15, -0.1) is 0 Å². The third kappa shape index (κ3) is 16.8. The summed E-state index contributed by atoms with van der Waals surface area (Å²) >= 11 is 0. The van der Waals surface area contributed by atoms with E-state index in [4.69, 9.17) is 0 Å². The fourth-order valence-electron chi connectivity index (χ4n) is 17.9. The minimum atomic E-state index is -0.305. The second kappa shape index (κ2) is 36.2. The molecular formula is C123H96N6. The van der Waals surface area contributed by atoms with Crippen molar-refractivity contribution in [3.63, 3.8) is 0 Å². The van der Waals surface area contributed by atoms with E-state index in [1.165, 1.54) is 22.3 Å². The predicted octanol–water partition coefficient (Wildman–Crippen LogP) is 35.3. The van der Waals surface area contributed by atoms with Gasteiger partial charge < -0.3 is 29.4 Å². The molecule has 618 valence electrons. The molecule has 0 spiro atoms. The van der Waals surface area contributed by atoms with Crippen LogP contribution in [0.4, 0.5) is 102 Å². The van der Waals surface area contributed by atoms with Gasteiger partial charge in [0.1, 0.15) is 0 Å². The Bertz CT molecular complexity index is 7090. The highest BCUT2D eigenvalue weighted by atomic mass is 15.2. The van der Waals surface area contributed by atoms with Gasteiger partial charge in [-0.1, -0.05) is 308 Å². The van der Waals surface area contributed by atoms with E-state index in [9.17, 15) is 0 Å². The van der Waals surface area contributed by atoms with E-state index in [-0.39, 0.29) is 5.41 Å². The first-order valence-electron chi connectivity index (χ1n) is 43.8. The maximum absolute atomic E-state index is 4.12. The Hall–Kier alpha value is -16.8. The maximum Gasteiger partial charge on any atom is 0.0467 e. The van der Waals surface area contributed by atoms with E-state index < -0.39 is 0 Å². The molecular weight excluding hydrogens is 1560 g/mol. The number of fused-ring (bicyclic) bond motifs is 3. The summed E-state index contributed by atoms with van der Waals surface area (Å²) in [6, 6.07) is 158. The molecule has 0 atom stereocenters. The number of hydrogen-bond donors (Lipinski definition) is 0. The van der Waals surface area contributed by atoms with Crippen LogP contribution in [0.15, 0.2) is 476 Å². The maximum atomic E-state index is 4.12. The largest absolute Gasteiger partial charge is 0.311 e. The highest BCUT2D eigenvalue weighted by molar-refractivity contribution is 5.92. The first kappa shape index (κ1) is 81.8.